The fraction of sp³-hybridized carbons (Fsp3) is 0.364. The predicted octanol–water partition coefficient (Wildman–Crippen LogP) is 3.21. The zero-order chi connectivity index (χ0) is 18.5. The molecule has 4 nitrogen and oxygen atoms in total. The van der Waals surface area contributed by atoms with Crippen LogP contribution < -0.4 is 11.1 Å². The van der Waals surface area contributed by atoms with E-state index in [0.717, 1.165) is 0 Å². The summed E-state index contributed by atoms with van der Waals surface area (Å²) in [5.74, 6) is -7.47. The first-order chi connectivity index (χ1) is 10.8. The van der Waals surface area contributed by atoms with Crippen molar-refractivity contribution in [1.29, 1.82) is 0 Å². The molecule has 1 unspecified atom stereocenters. The van der Waals surface area contributed by atoms with Crippen molar-refractivity contribution in [2.75, 3.05) is 16.8 Å². The Morgan fingerprint density at radius 3 is 2.25 bits per heavy atom. The van der Waals surface area contributed by atoms with Crippen LogP contribution in [0.2, 0.25) is 0 Å². The van der Waals surface area contributed by atoms with Gasteiger partial charge >= 0.3 is 17.4 Å². The Kier molecular flexibility index (Phi) is 4.54. The maximum atomic E-state index is 13.4. The number of carbonyl (C=O) groups excluding carboxylic acids is 1. The molecular formula is C11H7F7N2O2S2. The van der Waals surface area contributed by atoms with Gasteiger partial charge in [0.2, 0.25) is 5.91 Å². The topological polar surface area (TPSA) is 72.2 Å². The maximum Gasteiger partial charge on any atom is 0.460 e. The van der Waals surface area contributed by atoms with Gasteiger partial charge in [0.05, 0.1) is 27.1 Å². The monoisotopic (exact) mass is 396 g/mol. The number of nitrogens with one attached hydrogen (secondary N) is 1. The van der Waals surface area contributed by atoms with Crippen LogP contribution in [0.5, 0.6) is 0 Å². The van der Waals surface area contributed by atoms with Crippen LogP contribution in [0.15, 0.2) is 21.9 Å². The lowest BCUT2D eigenvalue weighted by Crippen LogP contribution is -2.49. The van der Waals surface area contributed by atoms with Crippen LogP contribution in [-0.2, 0) is 15.6 Å². The third-order valence-electron chi connectivity index (χ3n) is 2.82. The summed E-state index contributed by atoms with van der Waals surface area (Å²) in [4.78, 5) is 10.4. The normalized spacial score (nSPS) is 19.0. The van der Waals surface area contributed by atoms with E-state index in [1.807, 2.05) is 0 Å². The van der Waals surface area contributed by atoms with E-state index in [9.17, 15) is 39.7 Å². The standard InChI is InChI=1S/C11H7F7N2O2S2/c12-9(13,10(14,15)16)11(17,18)23-4-1-5(19)8-6(2-4)20-7(21)3-24(8)22/h1-2H,3,19H2,(H,20,21). The van der Waals surface area contributed by atoms with Crippen LogP contribution >= 0.6 is 11.8 Å². The number of alkyl halides is 7. The number of anilines is 2. The second-order valence-corrected chi connectivity index (χ2v) is 7.19. The summed E-state index contributed by atoms with van der Waals surface area (Å²) in [6.45, 7) is 0. The fourth-order valence-corrected chi connectivity index (χ4v) is 3.82. The molecule has 1 aromatic carbocycles. The molecule has 0 aromatic heterocycles. The summed E-state index contributed by atoms with van der Waals surface area (Å²) in [6.07, 6.45) is -6.46. The number of carbonyl (C=O) groups is 1. The Morgan fingerprint density at radius 2 is 1.71 bits per heavy atom. The summed E-state index contributed by atoms with van der Waals surface area (Å²) in [5, 5.41) is -3.38. The first-order valence-electron chi connectivity index (χ1n) is 5.89. The van der Waals surface area contributed by atoms with E-state index >= 15 is 0 Å². The highest BCUT2D eigenvalue weighted by Gasteiger charge is 2.73. The molecule has 24 heavy (non-hydrogen) atoms. The number of fused-ring (bicyclic) bond motifs is 1. The van der Waals surface area contributed by atoms with E-state index in [4.69, 9.17) is 5.73 Å². The summed E-state index contributed by atoms with van der Waals surface area (Å²) in [7, 11) is -1.88. The van der Waals surface area contributed by atoms with Gasteiger partial charge in [-0.2, -0.15) is 30.7 Å². The molecule has 2 rings (SSSR count). The first-order valence-corrected chi connectivity index (χ1v) is 8.03. The Bertz CT molecular complexity index is 721. The van der Waals surface area contributed by atoms with Crippen molar-refractivity contribution < 1.29 is 39.7 Å². The Morgan fingerprint density at radius 1 is 1.12 bits per heavy atom. The Balaban J connectivity index is 2.41. The molecule has 1 atom stereocenters. The van der Waals surface area contributed by atoms with Crippen LogP contribution in [0.1, 0.15) is 0 Å². The minimum Gasteiger partial charge on any atom is -0.398 e. The highest BCUT2D eigenvalue weighted by Crippen LogP contribution is 2.54. The van der Waals surface area contributed by atoms with Crippen molar-refractivity contribution in [2.45, 2.75) is 27.1 Å². The lowest BCUT2D eigenvalue weighted by molar-refractivity contribution is -0.330. The largest absolute Gasteiger partial charge is 0.460 e. The number of halogens is 7. The molecule has 3 N–H and O–H groups in total. The van der Waals surface area contributed by atoms with E-state index in [2.05, 4.69) is 5.32 Å². The fourth-order valence-electron chi connectivity index (χ4n) is 1.78. The van der Waals surface area contributed by atoms with Gasteiger partial charge in [-0.05, 0) is 23.9 Å². The molecular weight excluding hydrogens is 389 g/mol. The molecule has 1 aliphatic rings. The molecule has 0 saturated heterocycles. The first kappa shape index (κ1) is 18.8. The molecule has 1 amide bonds. The highest BCUT2D eigenvalue weighted by atomic mass is 32.2. The van der Waals surface area contributed by atoms with Crippen molar-refractivity contribution in [3.05, 3.63) is 12.1 Å². The van der Waals surface area contributed by atoms with Crippen molar-refractivity contribution in [1.82, 2.24) is 0 Å². The highest BCUT2D eigenvalue weighted by molar-refractivity contribution is 8.00. The van der Waals surface area contributed by atoms with Gasteiger partial charge in [0.25, 0.3) is 0 Å². The Hall–Kier alpha value is -1.50. The van der Waals surface area contributed by atoms with Crippen LogP contribution in [0.25, 0.3) is 0 Å². The number of benzene rings is 1. The number of amides is 1. The summed E-state index contributed by atoms with van der Waals surface area (Å²) in [5.41, 5.74) is 4.82. The van der Waals surface area contributed by atoms with Gasteiger partial charge in [0.15, 0.2) is 0 Å². The van der Waals surface area contributed by atoms with Gasteiger partial charge in [-0.15, -0.1) is 0 Å². The van der Waals surface area contributed by atoms with E-state index in [1.165, 1.54) is 0 Å². The predicted molar refractivity (Wildman–Crippen MR) is 72.6 cm³/mol. The summed E-state index contributed by atoms with van der Waals surface area (Å²) < 4.78 is 101. The molecule has 0 radical (unpaired) electrons. The molecule has 0 saturated carbocycles. The second-order valence-electron chi connectivity index (χ2n) is 4.62. The van der Waals surface area contributed by atoms with Gasteiger partial charge in [-0.25, -0.2) is 0 Å². The number of hydrogen-bond donors (Lipinski definition) is 2. The molecule has 0 bridgehead atoms. The van der Waals surface area contributed by atoms with Crippen LogP contribution in [-0.4, -0.2) is 33.2 Å². The van der Waals surface area contributed by atoms with Gasteiger partial charge in [0.1, 0.15) is 5.75 Å². The molecule has 1 heterocycles. The molecule has 1 aromatic rings. The number of thioether (sulfide) groups is 1. The number of nitrogen functional groups attached to an aromatic ring is 1. The van der Waals surface area contributed by atoms with Gasteiger partial charge in [-0.3, -0.25) is 9.00 Å². The molecule has 0 aliphatic carbocycles. The van der Waals surface area contributed by atoms with Crippen molar-refractivity contribution in [3.8, 4) is 0 Å². The minimum atomic E-state index is -6.46. The molecule has 134 valence electrons. The van der Waals surface area contributed by atoms with Gasteiger partial charge < -0.3 is 11.1 Å². The van der Waals surface area contributed by atoms with E-state index in [0.29, 0.717) is 12.1 Å². The zero-order valence-corrected chi connectivity index (χ0v) is 12.9. The lowest BCUT2D eigenvalue weighted by Gasteiger charge is -2.28. The minimum absolute atomic E-state index is 0.107. The summed E-state index contributed by atoms with van der Waals surface area (Å²) >= 11 is -1.06. The maximum absolute atomic E-state index is 13.4. The molecule has 1 aliphatic heterocycles. The smallest absolute Gasteiger partial charge is 0.398 e. The van der Waals surface area contributed by atoms with Crippen molar-refractivity contribution in [3.63, 3.8) is 0 Å². The third kappa shape index (κ3) is 3.18. The van der Waals surface area contributed by atoms with E-state index < -0.39 is 56.5 Å². The Labute approximate surface area is 136 Å². The molecule has 0 fully saturated rings. The molecule has 0 spiro atoms. The molecule has 13 heteroatoms. The van der Waals surface area contributed by atoms with E-state index in [-0.39, 0.29) is 16.3 Å². The van der Waals surface area contributed by atoms with Crippen LogP contribution in [0.4, 0.5) is 42.1 Å². The second kappa shape index (κ2) is 5.79. The lowest BCUT2D eigenvalue weighted by atomic mass is 10.2. The average Bonchev–Trinajstić information content (AvgIpc) is 2.34. The van der Waals surface area contributed by atoms with Gasteiger partial charge in [0, 0.05) is 4.90 Å². The van der Waals surface area contributed by atoms with E-state index in [1.54, 1.807) is 0 Å². The SMILES string of the molecule is Nc1cc(SC(F)(F)C(F)(F)C(F)(F)F)cc2c1S(=O)CC(=O)N2. The average molecular weight is 396 g/mol. The van der Waals surface area contributed by atoms with Crippen LogP contribution in [0.3, 0.4) is 0 Å². The number of nitrogens with two attached hydrogens (primary N) is 1. The number of rotatable bonds is 3. The zero-order valence-electron chi connectivity index (χ0n) is 11.2. The third-order valence-corrected chi connectivity index (χ3v) is 5.24. The summed E-state index contributed by atoms with van der Waals surface area (Å²) in [6, 6.07) is 1.41. The van der Waals surface area contributed by atoms with Crippen molar-refractivity contribution in [2.24, 2.45) is 0 Å². The van der Waals surface area contributed by atoms with Gasteiger partial charge in [-0.1, -0.05) is 0 Å². The van der Waals surface area contributed by atoms with Crippen LogP contribution in [0, 0.1) is 0 Å². The van der Waals surface area contributed by atoms with Crippen molar-refractivity contribution >= 4 is 39.8 Å². The quantitative estimate of drug-likeness (QED) is 0.468. The number of hydrogen-bond acceptors (Lipinski definition) is 4.